The van der Waals surface area contributed by atoms with E-state index in [0.717, 1.165) is 11.3 Å². The molecule has 118 valence electrons. The van der Waals surface area contributed by atoms with Crippen molar-refractivity contribution in [2.75, 3.05) is 5.75 Å². The van der Waals surface area contributed by atoms with Gasteiger partial charge in [0.05, 0.1) is 11.4 Å². The van der Waals surface area contributed by atoms with Crippen molar-refractivity contribution in [3.05, 3.63) is 42.0 Å². The van der Waals surface area contributed by atoms with Gasteiger partial charge in [0, 0.05) is 22.1 Å². The standard InChI is InChI=1S/C17H20FNO2S/c18-15-8-6-14(7-9-15)17-19-16(10-21-17)12-22(20)11-13-4-2-1-3-5-13/h6-10,13H,1-5,11-12H2. The van der Waals surface area contributed by atoms with Gasteiger partial charge in [-0.3, -0.25) is 4.21 Å². The molecule has 1 aliphatic rings. The smallest absolute Gasteiger partial charge is 0.226 e. The highest BCUT2D eigenvalue weighted by Crippen LogP contribution is 2.25. The molecule has 3 rings (SSSR count). The molecule has 0 aliphatic heterocycles. The summed E-state index contributed by atoms with van der Waals surface area (Å²) in [5.74, 6) is 1.95. The van der Waals surface area contributed by atoms with Crippen LogP contribution in [-0.2, 0) is 16.6 Å². The average molecular weight is 321 g/mol. The van der Waals surface area contributed by atoms with Crippen molar-refractivity contribution in [3.63, 3.8) is 0 Å². The Kier molecular flexibility index (Phi) is 5.03. The van der Waals surface area contributed by atoms with Crippen LogP contribution < -0.4 is 0 Å². The number of hydrogen-bond donors (Lipinski definition) is 0. The maximum atomic E-state index is 12.9. The molecule has 0 N–H and O–H groups in total. The van der Waals surface area contributed by atoms with E-state index in [2.05, 4.69) is 4.98 Å². The highest BCUT2D eigenvalue weighted by atomic mass is 32.2. The van der Waals surface area contributed by atoms with E-state index >= 15 is 0 Å². The molecule has 1 heterocycles. The second-order valence-electron chi connectivity index (χ2n) is 5.91. The summed E-state index contributed by atoms with van der Waals surface area (Å²) in [5, 5.41) is 0. The zero-order valence-corrected chi connectivity index (χ0v) is 13.3. The zero-order chi connectivity index (χ0) is 15.4. The first-order valence-corrected chi connectivity index (χ1v) is 9.25. The van der Waals surface area contributed by atoms with Gasteiger partial charge < -0.3 is 4.42 Å². The van der Waals surface area contributed by atoms with Crippen molar-refractivity contribution in [2.24, 2.45) is 5.92 Å². The Labute approximate surface area is 132 Å². The maximum absolute atomic E-state index is 12.9. The minimum absolute atomic E-state index is 0.288. The van der Waals surface area contributed by atoms with Crippen LogP contribution in [0.5, 0.6) is 0 Å². The maximum Gasteiger partial charge on any atom is 0.226 e. The molecule has 5 heteroatoms. The topological polar surface area (TPSA) is 43.1 Å². The summed E-state index contributed by atoms with van der Waals surface area (Å²) >= 11 is 0. The fraction of sp³-hybridized carbons (Fsp3) is 0.471. The summed E-state index contributed by atoms with van der Waals surface area (Å²) in [6.07, 6.45) is 7.79. The van der Waals surface area contributed by atoms with E-state index in [4.69, 9.17) is 4.42 Å². The van der Waals surface area contributed by atoms with E-state index in [9.17, 15) is 8.60 Å². The van der Waals surface area contributed by atoms with E-state index in [1.807, 2.05) is 0 Å². The van der Waals surface area contributed by atoms with Gasteiger partial charge in [0.15, 0.2) is 0 Å². The third-order valence-corrected chi connectivity index (χ3v) is 5.56. The molecule has 0 amide bonds. The zero-order valence-electron chi connectivity index (χ0n) is 12.5. The SMILES string of the molecule is O=S(Cc1coc(-c2ccc(F)cc2)n1)CC1CCCCC1. The third-order valence-electron chi connectivity index (χ3n) is 4.10. The van der Waals surface area contributed by atoms with Gasteiger partial charge in [-0.1, -0.05) is 19.3 Å². The Bertz CT molecular complexity index is 632. The Morgan fingerprint density at radius 1 is 1.18 bits per heavy atom. The molecule has 0 radical (unpaired) electrons. The van der Waals surface area contributed by atoms with E-state index in [1.165, 1.54) is 44.2 Å². The predicted molar refractivity (Wildman–Crippen MR) is 85.2 cm³/mol. The lowest BCUT2D eigenvalue weighted by Crippen LogP contribution is -2.15. The molecule has 0 spiro atoms. The number of oxazole rings is 1. The van der Waals surface area contributed by atoms with Gasteiger partial charge >= 0.3 is 0 Å². The Morgan fingerprint density at radius 3 is 2.64 bits per heavy atom. The number of halogens is 1. The first kappa shape index (κ1) is 15.4. The van der Waals surface area contributed by atoms with Crippen molar-refractivity contribution in [1.82, 2.24) is 4.98 Å². The van der Waals surface area contributed by atoms with Crippen LogP contribution in [0, 0.1) is 11.7 Å². The first-order valence-electron chi connectivity index (χ1n) is 7.76. The molecular formula is C17H20FNO2S. The molecule has 1 unspecified atom stereocenters. The summed E-state index contributed by atoms with van der Waals surface area (Å²) < 4.78 is 30.6. The van der Waals surface area contributed by atoms with Gasteiger partial charge in [-0.25, -0.2) is 9.37 Å². The first-order chi connectivity index (χ1) is 10.7. The highest BCUT2D eigenvalue weighted by Gasteiger charge is 2.17. The summed E-state index contributed by atoms with van der Waals surface area (Å²) in [6, 6.07) is 6.01. The van der Waals surface area contributed by atoms with Gasteiger partial charge in [0.25, 0.3) is 0 Å². The van der Waals surface area contributed by atoms with Crippen molar-refractivity contribution in [2.45, 2.75) is 37.9 Å². The molecule has 22 heavy (non-hydrogen) atoms. The molecule has 1 atom stereocenters. The molecule has 0 saturated heterocycles. The van der Waals surface area contributed by atoms with Crippen molar-refractivity contribution >= 4 is 10.8 Å². The Balaban J connectivity index is 1.59. The monoisotopic (exact) mass is 321 g/mol. The van der Waals surface area contributed by atoms with Crippen LogP contribution in [0.15, 0.2) is 34.9 Å². The number of aromatic nitrogens is 1. The normalized spacial score (nSPS) is 17.5. The summed E-state index contributed by atoms with van der Waals surface area (Å²) in [6.45, 7) is 0. The van der Waals surface area contributed by atoms with Crippen LogP contribution in [0.3, 0.4) is 0 Å². The lowest BCUT2D eigenvalue weighted by atomic mass is 9.91. The van der Waals surface area contributed by atoms with Gasteiger partial charge in [-0.05, 0) is 43.0 Å². The number of hydrogen-bond acceptors (Lipinski definition) is 3. The molecule has 1 saturated carbocycles. The largest absolute Gasteiger partial charge is 0.444 e. The lowest BCUT2D eigenvalue weighted by molar-refractivity contribution is 0.388. The Hall–Kier alpha value is -1.49. The summed E-state index contributed by atoms with van der Waals surface area (Å²) in [7, 11) is -0.898. The number of benzene rings is 1. The van der Waals surface area contributed by atoms with Crippen LogP contribution in [0.4, 0.5) is 4.39 Å². The molecule has 3 nitrogen and oxygen atoms in total. The molecule has 1 aromatic carbocycles. The molecule has 1 aromatic heterocycles. The predicted octanol–water partition coefficient (Wildman–Crippen LogP) is 4.31. The average Bonchev–Trinajstić information content (AvgIpc) is 2.97. The minimum Gasteiger partial charge on any atom is -0.444 e. The van der Waals surface area contributed by atoms with Crippen molar-refractivity contribution in [3.8, 4) is 11.5 Å². The van der Waals surface area contributed by atoms with Crippen LogP contribution in [0.1, 0.15) is 37.8 Å². The third kappa shape index (κ3) is 4.03. The molecule has 0 bridgehead atoms. The van der Waals surface area contributed by atoms with Gasteiger partial charge in [-0.2, -0.15) is 0 Å². The summed E-state index contributed by atoms with van der Waals surface area (Å²) in [5.41, 5.74) is 1.43. The van der Waals surface area contributed by atoms with Crippen LogP contribution in [0.2, 0.25) is 0 Å². The highest BCUT2D eigenvalue weighted by molar-refractivity contribution is 7.84. The van der Waals surface area contributed by atoms with Crippen LogP contribution >= 0.6 is 0 Å². The van der Waals surface area contributed by atoms with Crippen LogP contribution in [-0.4, -0.2) is 14.9 Å². The molecule has 2 aromatic rings. The summed E-state index contributed by atoms with van der Waals surface area (Å²) in [4.78, 5) is 4.36. The van der Waals surface area contributed by atoms with E-state index in [1.54, 1.807) is 18.4 Å². The number of nitrogens with zero attached hydrogens (tertiary/aromatic N) is 1. The Morgan fingerprint density at radius 2 is 1.91 bits per heavy atom. The van der Waals surface area contributed by atoms with Gasteiger partial charge in [0.1, 0.15) is 12.1 Å². The minimum atomic E-state index is -0.898. The lowest BCUT2D eigenvalue weighted by Gasteiger charge is -2.20. The fourth-order valence-corrected chi connectivity index (χ4v) is 4.38. The van der Waals surface area contributed by atoms with E-state index in [0.29, 0.717) is 23.3 Å². The van der Waals surface area contributed by atoms with Crippen molar-refractivity contribution in [1.29, 1.82) is 0 Å². The molecule has 1 fully saturated rings. The second kappa shape index (κ2) is 7.18. The molecule has 1 aliphatic carbocycles. The number of rotatable bonds is 5. The fourth-order valence-electron chi connectivity index (χ4n) is 2.94. The van der Waals surface area contributed by atoms with E-state index in [-0.39, 0.29) is 5.82 Å². The van der Waals surface area contributed by atoms with E-state index < -0.39 is 10.8 Å². The quantitative estimate of drug-likeness (QED) is 0.824. The van der Waals surface area contributed by atoms with Gasteiger partial charge in [0.2, 0.25) is 5.89 Å². The molecular weight excluding hydrogens is 301 g/mol. The van der Waals surface area contributed by atoms with Gasteiger partial charge in [-0.15, -0.1) is 0 Å². The van der Waals surface area contributed by atoms with Crippen molar-refractivity contribution < 1.29 is 13.0 Å². The second-order valence-corrected chi connectivity index (χ2v) is 7.41. The van der Waals surface area contributed by atoms with Crippen LogP contribution in [0.25, 0.3) is 11.5 Å².